The highest BCUT2D eigenvalue weighted by molar-refractivity contribution is 6.34. The molecule has 2 N–H and O–H groups in total. The van der Waals surface area contributed by atoms with E-state index in [1.54, 1.807) is 60.7 Å². The van der Waals surface area contributed by atoms with Crippen molar-refractivity contribution in [3.05, 3.63) is 152 Å². The number of benzene rings is 5. The highest BCUT2D eigenvalue weighted by Crippen LogP contribution is 2.29. The van der Waals surface area contributed by atoms with Crippen molar-refractivity contribution in [2.75, 3.05) is 10.6 Å². The molecule has 5 rings (SSSR count). The van der Waals surface area contributed by atoms with Gasteiger partial charge in [-0.3, -0.25) is 29.8 Å². The van der Waals surface area contributed by atoms with Gasteiger partial charge >= 0.3 is 0 Å². The van der Waals surface area contributed by atoms with Crippen LogP contribution in [0.3, 0.4) is 0 Å². The molecule has 2 amide bonds. The number of carbonyl (C=O) groups excluding carboxylic acids is 2. The highest BCUT2D eigenvalue weighted by Gasteiger charge is 2.13. The number of nitro groups is 2. The van der Waals surface area contributed by atoms with Crippen molar-refractivity contribution >= 4 is 46.2 Å². The monoisotopic (exact) mass is 624 g/mol. The minimum absolute atomic E-state index is 0.0507. The summed E-state index contributed by atoms with van der Waals surface area (Å²) >= 11 is 6.38. The summed E-state index contributed by atoms with van der Waals surface area (Å²) in [7, 11) is 0. The lowest BCUT2D eigenvalue weighted by molar-refractivity contribution is -0.385. The van der Waals surface area contributed by atoms with Gasteiger partial charge in [0.05, 0.1) is 20.6 Å². The van der Waals surface area contributed by atoms with Crippen LogP contribution < -0.4 is 20.1 Å². The van der Waals surface area contributed by atoms with Gasteiger partial charge in [0.2, 0.25) is 0 Å². The number of amides is 2. The topological polar surface area (TPSA) is 163 Å². The van der Waals surface area contributed by atoms with Crippen LogP contribution in [0.1, 0.15) is 20.7 Å². The third-order valence-electron chi connectivity index (χ3n) is 6.27. The largest absolute Gasteiger partial charge is 0.457 e. The number of carbonyl (C=O) groups is 2. The molecule has 0 saturated carbocycles. The molecular weight excluding hydrogens is 604 g/mol. The van der Waals surface area contributed by atoms with Crippen molar-refractivity contribution in [1.82, 2.24) is 0 Å². The summed E-state index contributed by atoms with van der Waals surface area (Å²) in [6, 6.07) is 28.5. The summed E-state index contributed by atoms with van der Waals surface area (Å²) in [6.07, 6.45) is 0. The van der Waals surface area contributed by atoms with Crippen LogP contribution in [-0.2, 0) is 0 Å². The Labute approximate surface area is 260 Å². The van der Waals surface area contributed by atoms with E-state index in [0.717, 1.165) is 0 Å². The number of rotatable bonds is 10. The van der Waals surface area contributed by atoms with Crippen molar-refractivity contribution in [3.63, 3.8) is 0 Å². The van der Waals surface area contributed by atoms with E-state index in [-0.39, 0.29) is 16.4 Å². The Kier molecular flexibility index (Phi) is 8.96. The summed E-state index contributed by atoms with van der Waals surface area (Å²) in [4.78, 5) is 46.1. The van der Waals surface area contributed by atoms with Crippen molar-refractivity contribution in [2.24, 2.45) is 0 Å². The number of hydrogen-bond donors (Lipinski definition) is 2. The Balaban J connectivity index is 1.15. The second kappa shape index (κ2) is 13.4. The van der Waals surface area contributed by atoms with Gasteiger partial charge in [-0.15, -0.1) is 0 Å². The number of nitro benzene ring substituents is 2. The summed E-state index contributed by atoms with van der Waals surface area (Å²) in [6.45, 7) is 0. The lowest BCUT2D eigenvalue weighted by Gasteiger charge is -2.11. The Morgan fingerprint density at radius 1 is 0.556 bits per heavy atom. The molecule has 5 aromatic carbocycles. The number of nitrogens with one attached hydrogen (secondary N) is 2. The molecule has 0 unspecified atom stereocenters. The Morgan fingerprint density at radius 3 is 1.31 bits per heavy atom. The first kappa shape index (κ1) is 30.2. The summed E-state index contributed by atoms with van der Waals surface area (Å²) in [5, 5.41) is 27.3. The maximum Gasteiger partial charge on any atom is 0.269 e. The first-order valence-electron chi connectivity index (χ1n) is 13.1. The third kappa shape index (κ3) is 7.77. The molecule has 45 heavy (non-hydrogen) atoms. The first-order valence-corrected chi connectivity index (χ1v) is 13.5. The number of anilines is 2. The normalized spacial score (nSPS) is 10.4. The van der Waals surface area contributed by atoms with Gasteiger partial charge in [-0.25, -0.2) is 0 Å². The average molecular weight is 625 g/mol. The lowest BCUT2D eigenvalue weighted by Crippen LogP contribution is -2.13. The fraction of sp³-hybridized carbons (Fsp3) is 0. The first-order chi connectivity index (χ1) is 21.6. The third-order valence-corrected chi connectivity index (χ3v) is 6.59. The zero-order chi connectivity index (χ0) is 31.9. The molecule has 0 radical (unpaired) electrons. The Bertz CT molecular complexity index is 1880. The maximum absolute atomic E-state index is 12.8. The van der Waals surface area contributed by atoms with Crippen LogP contribution in [0, 0.1) is 20.2 Å². The number of ether oxygens (including phenoxy) is 2. The number of halogens is 1. The summed E-state index contributed by atoms with van der Waals surface area (Å²) < 4.78 is 11.3. The molecule has 0 bridgehead atoms. The number of non-ortho nitro benzene ring substituents is 2. The van der Waals surface area contributed by atoms with Gasteiger partial charge in [0.1, 0.15) is 23.0 Å². The summed E-state index contributed by atoms with van der Waals surface area (Å²) in [5.41, 5.74) is 1.32. The smallest absolute Gasteiger partial charge is 0.269 e. The number of hydrogen-bond acceptors (Lipinski definition) is 8. The molecule has 5 aromatic rings. The lowest BCUT2D eigenvalue weighted by atomic mass is 10.2. The molecular formula is C32H21ClN4O8. The van der Waals surface area contributed by atoms with E-state index in [4.69, 9.17) is 21.1 Å². The van der Waals surface area contributed by atoms with E-state index < -0.39 is 21.7 Å². The second-order valence-corrected chi connectivity index (χ2v) is 9.76. The molecule has 0 heterocycles. The van der Waals surface area contributed by atoms with Gasteiger partial charge in [0.25, 0.3) is 23.2 Å². The van der Waals surface area contributed by atoms with Crippen LogP contribution in [0.15, 0.2) is 115 Å². The van der Waals surface area contributed by atoms with E-state index >= 15 is 0 Å². The average Bonchev–Trinajstić information content (AvgIpc) is 3.03. The van der Waals surface area contributed by atoms with Crippen molar-refractivity contribution in [2.45, 2.75) is 0 Å². The standard InChI is InChI=1S/C32H21ClN4O8/c33-29-19-22(34-31(38)20-1-10-25(11-2-20)44-27-14-6-23(7-15-27)36(40)41)5-18-30(29)35-32(39)21-3-12-26(13-4-21)45-28-16-8-24(9-17-28)37(42)43/h1-19H,(H,34,38)(H,35,39). The molecule has 0 fully saturated rings. The predicted molar refractivity (Wildman–Crippen MR) is 167 cm³/mol. The van der Waals surface area contributed by atoms with E-state index in [2.05, 4.69) is 10.6 Å². The minimum Gasteiger partial charge on any atom is -0.457 e. The molecule has 0 saturated heterocycles. The van der Waals surface area contributed by atoms with Gasteiger partial charge in [-0.2, -0.15) is 0 Å². The quantitative estimate of drug-likeness (QED) is 0.116. The van der Waals surface area contributed by atoms with Gasteiger partial charge in [0.15, 0.2) is 0 Å². The van der Waals surface area contributed by atoms with Crippen LogP contribution in [0.2, 0.25) is 5.02 Å². The highest BCUT2D eigenvalue weighted by atomic mass is 35.5. The Hall–Kier alpha value is -6.27. The SMILES string of the molecule is O=C(Nc1ccc(NC(=O)c2ccc(Oc3ccc([N+](=O)[O-])cc3)cc2)c(Cl)c1)c1ccc(Oc2ccc([N+](=O)[O-])cc2)cc1. The van der Waals surface area contributed by atoms with E-state index in [1.807, 2.05) is 0 Å². The predicted octanol–water partition coefficient (Wildman–Crippen LogP) is 8.25. The van der Waals surface area contributed by atoms with E-state index in [1.165, 1.54) is 54.6 Å². The molecule has 0 aromatic heterocycles. The van der Waals surface area contributed by atoms with Crippen LogP contribution in [0.25, 0.3) is 0 Å². The molecule has 224 valence electrons. The molecule has 0 aliphatic heterocycles. The van der Waals surface area contributed by atoms with Crippen molar-refractivity contribution in [3.8, 4) is 23.0 Å². The van der Waals surface area contributed by atoms with E-state index in [0.29, 0.717) is 45.5 Å². The van der Waals surface area contributed by atoms with Gasteiger partial charge in [0, 0.05) is 41.1 Å². The zero-order valence-corrected chi connectivity index (χ0v) is 23.8. The number of nitrogens with zero attached hydrogens (tertiary/aromatic N) is 2. The molecule has 12 nitrogen and oxygen atoms in total. The molecule has 13 heteroatoms. The summed E-state index contributed by atoms with van der Waals surface area (Å²) in [5.74, 6) is 0.862. The van der Waals surface area contributed by atoms with Gasteiger partial charge in [-0.1, -0.05) is 11.6 Å². The maximum atomic E-state index is 12.8. The Morgan fingerprint density at radius 2 is 0.933 bits per heavy atom. The zero-order valence-electron chi connectivity index (χ0n) is 23.0. The molecule has 0 aliphatic rings. The molecule has 0 aliphatic carbocycles. The fourth-order valence-electron chi connectivity index (χ4n) is 3.98. The second-order valence-electron chi connectivity index (χ2n) is 9.36. The van der Waals surface area contributed by atoms with Crippen LogP contribution >= 0.6 is 11.6 Å². The van der Waals surface area contributed by atoms with Crippen molar-refractivity contribution < 1.29 is 28.9 Å². The molecule has 0 spiro atoms. The van der Waals surface area contributed by atoms with E-state index in [9.17, 15) is 29.8 Å². The van der Waals surface area contributed by atoms with Crippen LogP contribution in [0.4, 0.5) is 22.7 Å². The van der Waals surface area contributed by atoms with Gasteiger partial charge in [-0.05, 0) is 91.0 Å². The van der Waals surface area contributed by atoms with Crippen molar-refractivity contribution in [1.29, 1.82) is 0 Å². The fourth-order valence-corrected chi connectivity index (χ4v) is 4.21. The molecule has 0 atom stereocenters. The van der Waals surface area contributed by atoms with Crippen LogP contribution in [-0.4, -0.2) is 21.7 Å². The van der Waals surface area contributed by atoms with Gasteiger partial charge < -0.3 is 20.1 Å². The van der Waals surface area contributed by atoms with Crippen LogP contribution in [0.5, 0.6) is 23.0 Å². The minimum atomic E-state index is -0.501.